The van der Waals surface area contributed by atoms with E-state index >= 15 is 0 Å². The highest BCUT2D eigenvalue weighted by atomic mass is 31.2. The van der Waals surface area contributed by atoms with Gasteiger partial charge in [-0.25, -0.2) is 0 Å². The SMILES string of the molecule is c1ccc2c(c1)CCC2N1C2c3ccccc3OP1Oc1ccccc12. The van der Waals surface area contributed by atoms with E-state index in [1.165, 1.54) is 22.3 Å². The Bertz CT molecular complexity index is 955. The third kappa shape index (κ3) is 2.02. The second-order valence-corrected chi connectivity index (χ2v) is 8.33. The van der Waals surface area contributed by atoms with E-state index in [-0.39, 0.29) is 6.04 Å². The summed E-state index contributed by atoms with van der Waals surface area (Å²) >= 11 is 0. The van der Waals surface area contributed by atoms with Gasteiger partial charge in [-0.05, 0) is 36.1 Å². The monoisotopic (exact) mass is 359 g/mol. The van der Waals surface area contributed by atoms with Crippen LogP contribution < -0.4 is 9.05 Å². The number of benzene rings is 3. The van der Waals surface area contributed by atoms with Gasteiger partial charge < -0.3 is 9.05 Å². The lowest BCUT2D eigenvalue weighted by atomic mass is 9.95. The van der Waals surface area contributed by atoms with E-state index in [0.717, 1.165) is 24.3 Å². The fourth-order valence-corrected chi connectivity index (χ4v) is 6.31. The van der Waals surface area contributed by atoms with Crippen LogP contribution in [0.2, 0.25) is 0 Å². The molecule has 3 aliphatic rings. The topological polar surface area (TPSA) is 21.7 Å². The highest BCUT2D eigenvalue weighted by molar-refractivity contribution is 7.45. The van der Waals surface area contributed by atoms with Gasteiger partial charge in [-0.3, -0.25) is 0 Å². The van der Waals surface area contributed by atoms with Crippen LogP contribution >= 0.6 is 8.53 Å². The maximum absolute atomic E-state index is 6.37. The lowest BCUT2D eigenvalue weighted by Gasteiger charge is -2.47. The molecular weight excluding hydrogens is 341 g/mol. The van der Waals surface area contributed by atoms with Crippen molar-refractivity contribution in [2.75, 3.05) is 0 Å². The zero-order valence-electron chi connectivity index (χ0n) is 14.2. The van der Waals surface area contributed by atoms with E-state index < -0.39 is 8.53 Å². The minimum absolute atomic E-state index is 0.187. The van der Waals surface area contributed by atoms with Crippen molar-refractivity contribution in [1.29, 1.82) is 0 Å². The number of hydrogen-bond donors (Lipinski definition) is 0. The van der Waals surface area contributed by atoms with Gasteiger partial charge >= 0.3 is 8.53 Å². The Balaban J connectivity index is 1.55. The van der Waals surface area contributed by atoms with Crippen LogP contribution in [0.15, 0.2) is 72.8 Å². The number of hydrogen-bond acceptors (Lipinski definition) is 3. The van der Waals surface area contributed by atoms with Gasteiger partial charge in [0.25, 0.3) is 0 Å². The minimum Gasteiger partial charge on any atom is -0.427 e. The molecule has 1 aliphatic carbocycles. The van der Waals surface area contributed by atoms with Gasteiger partial charge in [0.15, 0.2) is 0 Å². The molecule has 0 spiro atoms. The molecule has 0 radical (unpaired) electrons. The summed E-state index contributed by atoms with van der Waals surface area (Å²) in [4.78, 5) is 0. The van der Waals surface area contributed by atoms with Gasteiger partial charge in [-0.15, -0.1) is 0 Å². The summed E-state index contributed by atoms with van der Waals surface area (Å²) in [5.41, 5.74) is 5.37. The lowest BCUT2D eigenvalue weighted by molar-refractivity contribution is 0.210. The summed E-state index contributed by atoms with van der Waals surface area (Å²) in [5, 5.41) is 0. The van der Waals surface area contributed by atoms with Crippen LogP contribution in [0.25, 0.3) is 0 Å². The van der Waals surface area contributed by atoms with E-state index in [1.54, 1.807) is 0 Å². The van der Waals surface area contributed by atoms with Crippen molar-refractivity contribution in [3.8, 4) is 11.5 Å². The lowest BCUT2D eigenvalue weighted by Crippen LogP contribution is -2.37. The van der Waals surface area contributed by atoms with Crippen molar-refractivity contribution in [2.24, 2.45) is 0 Å². The predicted molar refractivity (Wildman–Crippen MR) is 102 cm³/mol. The molecule has 0 N–H and O–H groups in total. The van der Waals surface area contributed by atoms with Gasteiger partial charge in [0.05, 0.1) is 6.04 Å². The highest BCUT2D eigenvalue weighted by Crippen LogP contribution is 2.65. The van der Waals surface area contributed by atoms with Crippen molar-refractivity contribution < 1.29 is 9.05 Å². The highest BCUT2D eigenvalue weighted by Gasteiger charge is 2.49. The fourth-order valence-electron chi connectivity index (χ4n) is 4.51. The molecule has 2 heterocycles. The molecule has 0 saturated carbocycles. The molecule has 4 heteroatoms. The van der Waals surface area contributed by atoms with E-state index in [9.17, 15) is 0 Å². The first-order valence-electron chi connectivity index (χ1n) is 9.10. The molecular formula is C22H18NO2P. The van der Waals surface area contributed by atoms with Crippen LogP contribution in [0.5, 0.6) is 11.5 Å². The van der Waals surface area contributed by atoms with E-state index in [0.29, 0.717) is 6.04 Å². The maximum Gasteiger partial charge on any atom is 0.386 e. The summed E-state index contributed by atoms with van der Waals surface area (Å²) < 4.78 is 15.2. The number of para-hydroxylation sites is 2. The third-order valence-corrected chi connectivity index (χ3v) is 7.25. The van der Waals surface area contributed by atoms with Gasteiger partial charge in [0.2, 0.25) is 0 Å². The first-order chi connectivity index (χ1) is 12.9. The molecule has 128 valence electrons. The number of nitrogens with zero attached hydrogens (tertiary/aromatic N) is 1. The Kier molecular flexibility index (Phi) is 3.17. The largest absolute Gasteiger partial charge is 0.427 e. The molecule has 0 aromatic heterocycles. The molecule has 1 atom stereocenters. The molecule has 2 bridgehead atoms. The molecule has 1 unspecified atom stereocenters. The van der Waals surface area contributed by atoms with E-state index in [2.05, 4.69) is 65.3 Å². The molecule has 0 fully saturated rings. The Labute approximate surface area is 154 Å². The number of fused-ring (bicyclic) bond motifs is 7. The quantitative estimate of drug-likeness (QED) is 0.514. The average molecular weight is 359 g/mol. The molecule has 2 aliphatic heterocycles. The molecule has 6 rings (SSSR count). The smallest absolute Gasteiger partial charge is 0.386 e. The second-order valence-electron chi connectivity index (χ2n) is 7.03. The minimum atomic E-state index is -1.16. The van der Waals surface area contributed by atoms with Crippen molar-refractivity contribution in [3.05, 3.63) is 95.1 Å². The fraction of sp³-hybridized carbons (Fsp3) is 0.182. The predicted octanol–water partition coefficient (Wildman–Crippen LogP) is 5.78. The van der Waals surface area contributed by atoms with Gasteiger partial charge in [0, 0.05) is 17.2 Å². The molecule has 0 amide bonds. The van der Waals surface area contributed by atoms with Crippen molar-refractivity contribution in [3.63, 3.8) is 0 Å². The first-order valence-corrected chi connectivity index (χ1v) is 10.2. The zero-order chi connectivity index (χ0) is 17.1. The Hall–Kier alpha value is -2.35. The molecule has 3 aromatic carbocycles. The van der Waals surface area contributed by atoms with Crippen LogP contribution in [0.4, 0.5) is 0 Å². The van der Waals surface area contributed by atoms with Crippen LogP contribution in [0, 0.1) is 0 Å². The van der Waals surface area contributed by atoms with Gasteiger partial charge in [0.1, 0.15) is 11.5 Å². The van der Waals surface area contributed by atoms with Crippen molar-refractivity contribution in [1.82, 2.24) is 4.67 Å². The zero-order valence-corrected chi connectivity index (χ0v) is 15.1. The second kappa shape index (κ2) is 5.57. The third-order valence-electron chi connectivity index (χ3n) is 5.65. The van der Waals surface area contributed by atoms with Crippen LogP contribution in [0.1, 0.15) is 40.8 Å². The molecule has 26 heavy (non-hydrogen) atoms. The average Bonchev–Trinajstić information content (AvgIpc) is 3.11. The first kappa shape index (κ1) is 14.8. The summed E-state index contributed by atoms with van der Waals surface area (Å²) in [5.74, 6) is 1.92. The van der Waals surface area contributed by atoms with E-state index in [4.69, 9.17) is 9.05 Å². The molecule has 3 aromatic rings. The van der Waals surface area contributed by atoms with Crippen molar-refractivity contribution >= 4 is 8.53 Å². The number of aryl methyl sites for hydroxylation is 1. The molecule has 0 saturated heterocycles. The maximum atomic E-state index is 6.37. The van der Waals surface area contributed by atoms with Crippen LogP contribution in [-0.2, 0) is 6.42 Å². The van der Waals surface area contributed by atoms with Crippen LogP contribution in [0.3, 0.4) is 0 Å². The van der Waals surface area contributed by atoms with Gasteiger partial charge in [-0.1, -0.05) is 60.7 Å². The van der Waals surface area contributed by atoms with Crippen molar-refractivity contribution in [2.45, 2.75) is 24.9 Å². The number of rotatable bonds is 1. The van der Waals surface area contributed by atoms with Crippen LogP contribution in [-0.4, -0.2) is 4.67 Å². The Morgan fingerprint density at radius 3 is 2.00 bits per heavy atom. The van der Waals surface area contributed by atoms with E-state index in [1.807, 2.05) is 12.1 Å². The standard InChI is InChI=1S/C22H18NO2P/c1-2-8-16-15(7-1)13-14-19(16)23-22-17-9-3-5-11-20(17)24-26(23)25-21-12-6-4-10-18(21)22/h1-12,19,22H,13-14H2. The summed E-state index contributed by atoms with van der Waals surface area (Å²) in [7, 11) is -1.16. The summed E-state index contributed by atoms with van der Waals surface area (Å²) in [6, 6.07) is 26.1. The summed E-state index contributed by atoms with van der Waals surface area (Å²) in [6.07, 6.45) is 2.24. The Morgan fingerprint density at radius 2 is 1.31 bits per heavy atom. The van der Waals surface area contributed by atoms with Gasteiger partial charge in [-0.2, -0.15) is 4.67 Å². The Morgan fingerprint density at radius 1 is 0.731 bits per heavy atom. The molecule has 3 nitrogen and oxygen atoms in total. The summed E-state index contributed by atoms with van der Waals surface area (Å²) in [6.45, 7) is 0. The normalized spacial score (nSPS) is 25.5.